The van der Waals surface area contributed by atoms with Crippen LogP contribution in [0.15, 0.2) is 24.3 Å². The van der Waals surface area contributed by atoms with Crippen LogP contribution >= 0.6 is 0 Å². The maximum Gasteiger partial charge on any atom is 0.243 e. The van der Waals surface area contributed by atoms with Gasteiger partial charge < -0.3 is 15.5 Å². The lowest BCUT2D eigenvalue weighted by Gasteiger charge is -2.13. The lowest BCUT2D eigenvalue weighted by atomic mass is 10.1. The van der Waals surface area contributed by atoms with Crippen molar-refractivity contribution >= 4 is 23.2 Å². The van der Waals surface area contributed by atoms with E-state index in [0.29, 0.717) is 5.92 Å². The number of amides is 2. The Labute approximate surface area is 125 Å². The van der Waals surface area contributed by atoms with Crippen LogP contribution in [0, 0.1) is 11.8 Å². The highest BCUT2D eigenvalue weighted by molar-refractivity contribution is 5.94. The van der Waals surface area contributed by atoms with Crippen molar-refractivity contribution in [2.45, 2.75) is 19.8 Å². The molecule has 1 atom stereocenters. The number of rotatable bonds is 6. The number of carbonyl (C=O) groups is 2. The Morgan fingerprint density at radius 1 is 1.24 bits per heavy atom. The van der Waals surface area contributed by atoms with Gasteiger partial charge in [0.05, 0.1) is 6.54 Å². The third kappa shape index (κ3) is 4.48. The van der Waals surface area contributed by atoms with E-state index < -0.39 is 0 Å². The van der Waals surface area contributed by atoms with Gasteiger partial charge in [0.2, 0.25) is 11.8 Å². The zero-order valence-electron chi connectivity index (χ0n) is 12.8. The number of anilines is 2. The quantitative estimate of drug-likeness (QED) is 0.840. The maximum absolute atomic E-state index is 11.8. The van der Waals surface area contributed by atoms with Gasteiger partial charge in [0.1, 0.15) is 0 Å². The lowest BCUT2D eigenvalue weighted by Crippen LogP contribution is -2.36. The van der Waals surface area contributed by atoms with Gasteiger partial charge in [-0.3, -0.25) is 9.59 Å². The van der Waals surface area contributed by atoms with Gasteiger partial charge in [-0.2, -0.15) is 0 Å². The summed E-state index contributed by atoms with van der Waals surface area (Å²) < 4.78 is 0. The molecule has 1 aromatic rings. The van der Waals surface area contributed by atoms with Gasteiger partial charge >= 0.3 is 0 Å². The maximum atomic E-state index is 11.8. The SMILES string of the molecule is CC(C(=O)NCC(=O)Nc1ccc(N(C)C)cc1)C1CC1. The molecular formula is C16H23N3O2. The molecule has 1 aromatic carbocycles. The summed E-state index contributed by atoms with van der Waals surface area (Å²) in [4.78, 5) is 25.6. The van der Waals surface area contributed by atoms with Crippen LogP contribution in [-0.2, 0) is 9.59 Å². The number of nitrogens with one attached hydrogen (secondary N) is 2. The summed E-state index contributed by atoms with van der Waals surface area (Å²) >= 11 is 0. The molecule has 5 nitrogen and oxygen atoms in total. The number of carbonyl (C=O) groups excluding carboxylic acids is 2. The topological polar surface area (TPSA) is 61.4 Å². The van der Waals surface area contributed by atoms with Crippen LogP contribution in [0.1, 0.15) is 19.8 Å². The van der Waals surface area contributed by atoms with Crippen molar-refractivity contribution in [3.05, 3.63) is 24.3 Å². The molecule has 2 rings (SSSR count). The van der Waals surface area contributed by atoms with Crippen LogP contribution in [-0.4, -0.2) is 32.5 Å². The monoisotopic (exact) mass is 289 g/mol. The molecule has 0 radical (unpaired) electrons. The van der Waals surface area contributed by atoms with Crippen molar-refractivity contribution in [2.75, 3.05) is 30.9 Å². The van der Waals surface area contributed by atoms with Gasteiger partial charge in [-0.05, 0) is 43.0 Å². The molecule has 114 valence electrons. The first-order valence-corrected chi connectivity index (χ1v) is 7.32. The molecule has 0 aromatic heterocycles. The van der Waals surface area contributed by atoms with Crippen molar-refractivity contribution in [2.24, 2.45) is 11.8 Å². The number of hydrogen-bond acceptors (Lipinski definition) is 3. The fourth-order valence-corrected chi connectivity index (χ4v) is 2.19. The van der Waals surface area contributed by atoms with Crippen LogP contribution in [0.4, 0.5) is 11.4 Å². The highest BCUT2D eigenvalue weighted by Crippen LogP contribution is 2.36. The van der Waals surface area contributed by atoms with Crippen molar-refractivity contribution < 1.29 is 9.59 Å². The number of hydrogen-bond donors (Lipinski definition) is 2. The van der Waals surface area contributed by atoms with Gasteiger partial charge in [0.25, 0.3) is 0 Å². The number of benzene rings is 1. The number of nitrogens with zero attached hydrogens (tertiary/aromatic N) is 1. The molecule has 5 heteroatoms. The zero-order chi connectivity index (χ0) is 15.4. The fraction of sp³-hybridized carbons (Fsp3) is 0.500. The first-order chi connectivity index (χ1) is 9.97. The molecule has 1 aliphatic rings. The Bertz CT molecular complexity index is 507. The average Bonchev–Trinajstić information content (AvgIpc) is 3.29. The molecule has 0 spiro atoms. The van der Waals surface area contributed by atoms with E-state index in [1.54, 1.807) is 0 Å². The van der Waals surface area contributed by atoms with Crippen LogP contribution in [0.2, 0.25) is 0 Å². The normalized spacial score (nSPS) is 15.2. The summed E-state index contributed by atoms with van der Waals surface area (Å²) in [5.41, 5.74) is 1.80. The summed E-state index contributed by atoms with van der Waals surface area (Å²) in [6, 6.07) is 7.57. The summed E-state index contributed by atoms with van der Waals surface area (Å²) in [6.07, 6.45) is 2.25. The molecule has 1 unspecified atom stereocenters. The van der Waals surface area contributed by atoms with Crippen LogP contribution in [0.5, 0.6) is 0 Å². The molecule has 1 aliphatic carbocycles. The largest absolute Gasteiger partial charge is 0.378 e. The lowest BCUT2D eigenvalue weighted by molar-refractivity contribution is -0.127. The molecule has 1 fully saturated rings. The Hall–Kier alpha value is -2.04. The predicted octanol–water partition coefficient (Wildman–Crippen LogP) is 1.85. The molecule has 0 bridgehead atoms. The molecule has 0 heterocycles. The highest BCUT2D eigenvalue weighted by atomic mass is 16.2. The van der Waals surface area contributed by atoms with Crippen LogP contribution < -0.4 is 15.5 Å². The Balaban J connectivity index is 1.77. The van der Waals surface area contributed by atoms with Crippen molar-refractivity contribution in [3.63, 3.8) is 0 Å². The van der Waals surface area contributed by atoms with E-state index in [4.69, 9.17) is 0 Å². The van der Waals surface area contributed by atoms with Crippen molar-refractivity contribution in [1.82, 2.24) is 5.32 Å². The first-order valence-electron chi connectivity index (χ1n) is 7.32. The Morgan fingerprint density at radius 2 is 1.86 bits per heavy atom. The minimum atomic E-state index is -0.205. The predicted molar refractivity (Wildman–Crippen MR) is 84.3 cm³/mol. The van der Waals surface area contributed by atoms with E-state index in [9.17, 15) is 9.59 Å². The second-order valence-corrected chi connectivity index (χ2v) is 5.83. The molecule has 2 N–H and O–H groups in total. The van der Waals surface area contributed by atoms with E-state index in [-0.39, 0.29) is 24.3 Å². The van der Waals surface area contributed by atoms with E-state index in [1.807, 2.05) is 50.2 Å². The first kappa shape index (κ1) is 15.4. The summed E-state index contributed by atoms with van der Waals surface area (Å²) in [6.45, 7) is 1.94. The molecule has 21 heavy (non-hydrogen) atoms. The molecule has 2 amide bonds. The summed E-state index contributed by atoms with van der Waals surface area (Å²) in [5.74, 6) is 0.281. The Morgan fingerprint density at radius 3 is 2.38 bits per heavy atom. The third-order valence-electron chi connectivity index (χ3n) is 3.83. The van der Waals surface area contributed by atoms with Crippen molar-refractivity contribution in [1.29, 1.82) is 0 Å². The smallest absolute Gasteiger partial charge is 0.243 e. The van der Waals surface area contributed by atoms with Crippen LogP contribution in [0.25, 0.3) is 0 Å². The van der Waals surface area contributed by atoms with Gasteiger partial charge in [-0.15, -0.1) is 0 Å². The van der Waals surface area contributed by atoms with E-state index in [2.05, 4.69) is 10.6 Å². The third-order valence-corrected chi connectivity index (χ3v) is 3.83. The zero-order valence-corrected chi connectivity index (χ0v) is 12.8. The van der Waals surface area contributed by atoms with Gasteiger partial charge in [0.15, 0.2) is 0 Å². The summed E-state index contributed by atoms with van der Waals surface area (Å²) in [5, 5.41) is 5.47. The summed E-state index contributed by atoms with van der Waals surface area (Å²) in [7, 11) is 3.92. The fourth-order valence-electron chi connectivity index (χ4n) is 2.19. The minimum Gasteiger partial charge on any atom is -0.378 e. The average molecular weight is 289 g/mol. The second-order valence-electron chi connectivity index (χ2n) is 5.83. The van der Waals surface area contributed by atoms with E-state index in [1.165, 1.54) is 0 Å². The molecule has 0 aliphatic heterocycles. The molecule has 0 saturated heterocycles. The molecular weight excluding hydrogens is 266 g/mol. The highest BCUT2D eigenvalue weighted by Gasteiger charge is 2.32. The van der Waals surface area contributed by atoms with E-state index in [0.717, 1.165) is 24.2 Å². The van der Waals surface area contributed by atoms with Gasteiger partial charge in [0, 0.05) is 31.4 Å². The minimum absolute atomic E-state index is 0.0113. The second kappa shape index (κ2) is 6.61. The Kier molecular flexibility index (Phi) is 4.83. The van der Waals surface area contributed by atoms with Gasteiger partial charge in [-0.25, -0.2) is 0 Å². The standard InChI is InChI=1S/C16H23N3O2/c1-11(12-4-5-12)16(21)17-10-15(20)18-13-6-8-14(9-7-13)19(2)3/h6-9,11-12H,4-5,10H2,1-3H3,(H,17,21)(H,18,20). The van der Waals surface area contributed by atoms with E-state index >= 15 is 0 Å². The van der Waals surface area contributed by atoms with Gasteiger partial charge in [-0.1, -0.05) is 6.92 Å². The van der Waals surface area contributed by atoms with Crippen molar-refractivity contribution in [3.8, 4) is 0 Å². The van der Waals surface area contributed by atoms with Crippen LogP contribution in [0.3, 0.4) is 0 Å². The molecule has 1 saturated carbocycles.